The van der Waals surface area contributed by atoms with E-state index in [2.05, 4.69) is 0 Å². The van der Waals surface area contributed by atoms with Crippen molar-refractivity contribution < 1.29 is 13.9 Å². The Morgan fingerprint density at radius 2 is 1.81 bits per heavy atom. The molecule has 0 amide bonds. The Hall–Kier alpha value is -2.07. The molecule has 4 heteroatoms. The molecule has 0 fully saturated rings. The molecule has 0 aliphatic heterocycles. The number of hydrogen-bond donors (Lipinski definition) is 1. The highest BCUT2D eigenvalue weighted by atomic mass is 19.1. The van der Waals surface area contributed by atoms with E-state index in [9.17, 15) is 4.39 Å². The molecule has 2 aromatic carbocycles. The van der Waals surface area contributed by atoms with Crippen LogP contribution in [0.5, 0.6) is 11.5 Å². The SMILES string of the molecule is CCOc1ccc(C(N)COc2cc(C)ccc2F)cc1. The molecule has 112 valence electrons. The molecule has 21 heavy (non-hydrogen) atoms. The van der Waals surface area contributed by atoms with Gasteiger partial charge in [0, 0.05) is 0 Å². The van der Waals surface area contributed by atoms with Crippen molar-refractivity contribution in [2.75, 3.05) is 13.2 Å². The van der Waals surface area contributed by atoms with Crippen molar-refractivity contribution in [2.24, 2.45) is 5.73 Å². The summed E-state index contributed by atoms with van der Waals surface area (Å²) in [5.74, 6) is 0.662. The zero-order chi connectivity index (χ0) is 15.2. The molecule has 0 bridgehead atoms. The van der Waals surface area contributed by atoms with Gasteiger partial charge in [0.15, 0.2) is 11.6 Å². The second-order valence-electron chi connectivity index (χ2n) is 4.85. The van der Waals surface area contributed by atoms with E-state index in [-0.39, 0.29) is 24.2 Å². The lowest BCUT2D eigenvalue weighted by Gasteiger charge is -2.15. The fourth-order valence-electron chi connectivity index (χ4n) is 1.97. The molecule has 0 saturated heterocycles. The first-order valence-electron chi connectivity index (χ1n) is 6.97. The van der Waals surface area contributed by atoms with Gasteiger partial charge in [0.1, 0.15) is 12.4 Å². The van der Waals surface area contributed by atoms with Gasteiger partial charge in [-0.1, -0.05) is 18.2 Å². The van der Waals surface area contributed by atoms with Crippen LogP contribution < -0.4 is 15.2 Å². The number of aryl methyl sites for hydroxylation is 1. The largest absolute Gasteiger partial charge is 0.494 e. The second-order valence-corrected chi connectivity index (χ2v) is 4.85. The molecular formula is C17H20FNO2. The first-order chi connectivity index (χ1) is 10.1. The van der Waals surface area contributed by atoms with Gasteiger partial charge in [-0.15, -0.1) is 0 Å². The topological polar surface area (TPSA) is 44.5 Å². The van der Waals surface area contributed by atoms with Gasteiger partial charge in [-0.25, -0.2) is 4.39 Å². The van der Waals surface area contributed by atoms with Crippen LogP contribution in [-0.4, -0.2) is 13.2 Å². The van der Waals surface area contributed by atoms with Gasteiger partial charge in [-0.2, -0.15) is 0 Å². The summed E-state index contributed by atoms with van der Waals surface area (Å²) in [5.41, 5.74) is 7.93. The number of nitrogens with two attached hydrogens (primary N) is 1. The molecule has 3 nitrogen and oxygen atoms in total. The average Bonchev–Trinajstić information content (AvgIpc) is 2.49. The predicted molar refractivity (Wildman–Crippen MR) is 81.2 cm³/mol. The zero-order valence-electron chi connectivity index (χ0n) is 12.3. The molecule has 0 aliphatic rings. The number of hydrogen-bond acceptors (Lipinski definition) is 3. The Bertz CT molecular complexity index is 584. The minimum absolute atomic E-state index is 0.217. The number of halogens is 1. The molecule has 0 heterocycles. The molecular weight excluding hydrogens is 269 g/mol. The van der Waals surface area contributed by atoms with Crippen LogP contribution in [0.2, 0.25) is 0 Å². The van der Waals surface area contributed by atoms with Gasteiger partial charge in [0.2, 0.25) is 0 Å². The van der Waals surface area contributed by atoms with E-state index < -0.39 is 0 Å². The third kappa shape index (κ3) is 4.20. The highest BCUT2D eigenvalue weighted by molar-refractivity contribution is 5.31. The molecule has 2 rings (SSSR count). The summed E-state index contributed by atoms with van der Waals surface area (Å²) in [7, 11) is 0. The number of rotatable bonds is 6. The van der Waals surface area contributed by atoms with Crippen LogP contribution in [0.3, 0.4) is 0 Å². The third-order valence-electron chi connectivity index (χ3n) is 3.12. The highest BCUT2D eigenvalue weighted by Gasteiger charge is 2.09. The molecule has 0 spiro atoms. The maximum Gasteiger partial charge on any atom is 0.165 e. The van der Waals surface area contributed by atoms with Crippen molar-refractivity contribution in [2.45, 2.75) is 19.9 Å². The minimum atomic E-state index is -0.375. The molecule has 0 radical (unpaired) electrons. The van der Waals surface area contributed by atoms with Crippen LogP contribution >= 0.6 is 0 Å². The molecule has 0 saturated carbocycles. The Kier molecular flexibility index (Phi) is 5.17. The van der Waals surface area contributed by atoms with E-state index in [1.54, 1.807) is 12.1 Å². The lowest BCUT2D eigenvalue weighted by molar-refractivity contribution is 0.277. The molecule has 0 aliphatic carbocycles. The molecule has 1 atom stereocenters. The van der Waals surface area contributed by atoms with Crippen molar-refractivity contribution in [1.82, 2.24) is 0 Å². The van der Waals surface area contributed by atoms with Crippen LogP contribution in [0.1, 0.15) is 24.1 Å². The number of ether oxygens (including phenoxy) is 2. The van der Waals surface area contributed by atoms with Gasteiger partial charge in [0.05, 0.1) is 12.6 Å². The first-order valence-corrected chi connectivity index (χ1v) is 6.97. The van der Waals surface area contributed by atoms with Gasteiger partial charge >= 0.3 is 0 Å². The van der Waals surface area contributed by atoms with E-state index in [0.717, 1.165) is 16.9 Å². The molecule has 2 aromatic rings. The summed E-state index contributed by atoms with van der Waals surface area (Å²) in [4.78, 5) is 0. The van der Waals surface area contributed by atoms with Crippen molar-refractivity contribution in [3.05, 3.63) is 59.4 Å². The summed E-state index contributed by atoms with van der Waals surface area (Å²) in [5, 5.41) is 0. The number of benzene rings is 2. The lowest BCUT2D eigenvalue weighted by atomic mass is 10.1. The zero-order valence-corrected chi connectivity index (χ0v) is 12.3. The van der Waals surface area contributed by atoms with Gasteiger partial charge in [0.25, 0.3) is 0 Å². The summed E-state index contributed by atoms with van der Waals surface area (Å²) in [6.07, 6.45) is 0. The van der Waals surface area contributed by atoms with E-state index >= 15 is 0 Å². The molecule has 0 aromatic heterocycles. The van der Waals surface area contributed by atoms with Crippen molar-refractivity contribution in [1.29, 1.82) is 0 Å². The summed E-state index contributed by atoms with van der Waals surface area (Å²) >= 11 is 0. The van der Waals surface area contributed by atoms with E-state index in [0.29, 0.717) is 6.61 Å². The van der Waals surface area contributed by atoms with Crippen molar-refractivity contribution in [3.8, 4) is 11.5 Å². The smallest absolute Gasteiger partial charge is 0.165 e. The van der Waals surface area contributed by atoms with E-state index in [1.165, 1.54) is 6.07 Å². The predicted octanol–water partition coefficient (Wildman–Crippen LogP) is 3.61. The summed E-state index contributed by atoms with van der Waals surface area (Å²) in [6, 6.07) is 12.0. The summed E-state index contributed by atoms with van der Waals surface area (Å²) in [6.45, 7) is 4.66. The summed E-state index contributed by atoms with van der Waals surface area (Å²) < 4.78 is 24.4. The second kappa shape index (κ2) is 7.09. The third-order valence-corrected chi connectivity index (χ3v) is 3.12. The average molecular weight is 289 g/mol. The normalized spacial score (nSPS) is 12.0. The van der Waals surface area contributed by atoms with Crippen molar-refractivity contribution in [3.63, 3.8) is 0 Å². The molecule has 2 N–H and O–H groups in total. The first kappa shape index (κ1) is 15.3. The Morgan fingerprint density at radius 1 is 1.10 bits per heavy atom. The minimum Gasteiger partial charge on any atom is -0.494 e. The van der Waals surface area contributed by atoms with Crippen LogP contribution in [0, 0.1) is 12.7 Å². The Labute approximate surface area is 124 Å². The van der Waals surface area contributed by atoms with Crippen molar-refractivity contribution >= 4 is 0 Å². The standard InChI is InChI=1S/C17H20FNO2/c1-3-20-14-7-5-13(6-8-14)16(19)11-21-17-10-12(2)4-9-15(17)18/h4-10,16H,3,11,19H2,1-2H3. The quantitative estimate of drug-likeness (QED) is 0.883. The fourth-order valence-corrected chi connectivity index (χ4v) is 1.97. The van der Waals surface area contributed by atoms with Crippen LogP contribution in [0.4, 0.5) is 4.39 Å². The van der Waals surface area contributed by atoms with E-state index in [4.69, 9.17) is 15.2 Å². The van der Waals surface area contributed by atoms with E-state index in [1.807, 2.05) is 38.1 Å². The highest BCUT2D eigenvalue weighted by Crippen LogP contribution is 2.21. The van der Waals surface area contributed by atoms with Crippen LogP contribution in [0.25, 0.3) is 0 Å². The maximum absolute atomic E-state index is 13.6. The van der Waals surface area contributed by atoms with Crippen LogP contribution in [-0.2, 0) is 0 Å². The Morgan fingerprint density at radius 3 is 2.48 bits per heavy atom. The fraction of sp³-hybridized carbons (Fsp3) is 0.294. The molecule has 1 unspecified atom stereocenters. The monoisotopic (exact) mass is 289 g/mol. The van der Waals surface area contributed by atoms with Crippen LogP contribution in [0.15, 0.2) is 42.5 Å². The lowest BCUT2D eigenvalue weighted by Crippen LogP contribution is -2.19. The Balaban J connectivity index is 1.97. The van der Waals surface area contributed by atoms with Gasteiger partial charge in [-0.05, 0) is 49.2 Å². The van der Waals surface area contributed by atoms with Gasteiger partial charge < -0.3 is 15.2 Å². The maximum atomic E-state index is 13.6. The van der Waals surface area contributed by atoms with Gasteiger partial charge in [-0.3, -0.25) is 0 Å².